The zero-order valence-electron chi connectivity index (χ0n) is 14.9. The van der Waals surface area contributed by atoms with Gasteiger partial charge in [-0.2, -0.15) is 0 Å². The number of nitrogens with zero attached hydrogens (tertiary/aromatic N) is 3. The van der Waals surface area contributed by atoms with Crippen LogP contribution in [0.3, 0.4) is 0 Å². The third-order valence-electron chi connectivity index (χ3n) is 5.37. The van der Waals surface area contributed by atoms with Crippen molar-refractivity contribution >= 4 is 22.9 Å². The Morgan fingerprint density at radius 2 is 2.00 bits per heavy atom. The molecule has 0 saturated carbocycles. The first-order valence-corrected chi connectivity index (χ1v) is 9.10. The van der Waals surface area contributed by atoms with Gasteiger partial charge in [-0.15, -0.1) is 0 Å². The number of hydrogen-bond donors (Lipinski definition) is 0. The summed E-state index contributed by atoms with van der Waals surface area (Å²) in [6.07, 6.45) is 2.03. The molecule has 0 aliphatic carbocycles. The highest BCUT2D eigenvalue weighted by molar-refractivity contribution is 6.05. The van der Waals surface area contributed by atoms with E-state index < -0.39 is 0 Å². The van der Waals surface area contributed by atoms with Crippen molar-refractivity contribution in [3.63, 3.8) is 0 Å². The van der Waals surface area contributed by atoms with Gasteiger partial charge in [-0.05, 0) is 38.1 Å². The summed E-state index contributed by atoms with van der Waals surface area (Å²) in [6.45, 7) is 2.25. The molecule has 2 saturated heterocycles. The first-order valence-electron chi connectivity index (χ1n) is 9.10. The Kier molecular flexibility index (Phi) is 4.74. The Balaban J connectivity index is 1.39. The maximum Gasteiger partial charge on any atom is 0.247 e. The summed E-state index contributed by atoms with van der Waals surface area (Å²) in [5.41, 5.74) is 1.70. The predicted molar refractivity (Wildman–Crippen MR) is 94.6 cm³/mol. The Bertz CT molecular complexity index is 777. The second kappa shape index (κ2) is 7.17. The fourth-order valence-electron chi connectivity index (χ4n) is 3.89. The van der Waals surface area contributed by atoms with E-state index in [1.165, 1.54) is 4.90 Å². The molecular formula is C19H23N3O4. The summed E-state index contributed by atoms with van der Waals surface area (Å²) in [5.74, 6) is 0.849. The molecule has 1 aromatic carbocycles. The third kappa shape index (κ3) is 3.12. The van der Waals surface area contributed by atoms with E-state index in [2.05, 4.69) is 9.88 Å². The molecule has 7 heteroatoms. The molecule has 2 fully saturated rings. The maximum atomic E-state index is 12.6. The topological polar surface area (TPSA) is 75.9 Å². The third-order valence-corrected chi connectivity index (χ3v) is 5.37. The van der Waals surface area contributed by atoms with Crippen molar-refractivity contribution in [1.82, 2.24) is 14.8 Å². The first kappa shape index (κ1) is 17.2. The zero-order valence-corrected chi connectivity index (χ0v) is 14.9. The minimum absolute atomic E-state index is 0.0904. The Morgan fingerprint density at radius 1 is 1.23 bits per heavy atom. The van der Waals surface area contributed by atoms with Crippen LogP contribution in [0.5, 0.6) is 0 Å². The molecule has 3 heterocycles. The molecule has 2 aliphatic rings. The van der Waals surface area contributed by atoms with E-state index in [1.54, 1.807) is 7.11 Å². The fourth-order valence-corrected chi connectivity index (χ4v) is 3.89. The number of rotatable bonds is 5. The van der Waals surface area contributed by atoms with E-state index in [9.17, 15) is 9.59 Å². The molecule has 138 valence electrons. The number of carbonyl (C=O) groups is 2. The summed E-state index contributed by atoms with van der Waals surface area (Å²) in [6, 6.07) is 7.45. The van der Waals surface area contributed by atoms with Gasteiger partial charge in [-0.1, -0.05) is 12.1 Å². The van der Waals surface area contributed by atoms with Crippen molar-refractivity contribution < 1.29 is 18.7 Å². The number of oxazole rings is 1. The van der Waals surface area contributed by atoms with E-state index in [0.717, 1.165) is 42.9 Å². The van der Waals surface area contributed by atoms with Gasteiger partial charge in [-0.25, -0.2) is 4.98 Å². The highest BCUT2D eigenvalue weighted by Crippen LogP contribution is 2.32. The molecule has 1 atom stereocenters. The van der Waals surface area contributed by atoms with Crippen molar-refractivity contribution in [1.29, 1.82) is 0 Å². The smallest absolute Gasteiger partial charge is 0.247 e. The van der Waals surface area contributed by atoms with E-state index in [-0.39, 0.29) is 30.2 Å². The number of imide groups is 1. The van der Waals surface area contributed by atoms with Gasteiger partial charge in [0.2, 0.25) is 11.8 Å². The van der Waals surface area contributed by atoms with E-state index in [0.29, 0.717) is 13.2 Å². The number of para-hydroxylation sites is 2. The van der Waals surface area contributed by atoms with E-state index in [1.807, 2.05) is 24.3 Å². The number of hydrogen-bond acceptors (Lipinski definition) is 6. The number of methoxy groups -OCH3 is 1. The van der Waals surface area contributed by atoms with E-state index in [4.69, 9.17) is 9.15 Å². The minimum atomic E-state index is -0.330. The summed E-state index contributed by atoms with van der Waals surface area (Å²) in [4.78, 5) is 32.8. The van der Waals surface area contributed by atoms with Crippen molar-refractivity contribution in [3.8, 4) is 0 Å². The molecule has 0 N–H and O–H groups in total. The second-order valence-electron chi connectivity index (χ2n) is 6.93. The van der Waals surface area contributed by atoms with Crippen LogP contribution in [0.25, 0.3) is 11.1 Å². The van der Waals surface area contributed by atoms with Gasteiger partial charge in [0.15, 0.2) is 11.5 Å². The molecule has 7 nitrogen and oxygen atoms in total. The number of aromatic nitrogens is 1. The molecular weight excluding hydrogens is 334 g/mol. The largest absolute Gasteiger partial charge is 0.440 e. The van der Waals surface area contributed by atoms with Gasteiger partial charge in [0, 0.05) is 13.0 Å². The molecule has 2 aliphatic heterocycles. The van der Waals surface area contributed by atoms with Crippen molar-refractivity contribution in [3.05, 3.63) is 30.2 Å². The second-order valence-corrected chi connectivity index (χ2v) is 6.93. The number of amides is 2. The van der Waals surface area contributed by atoms with Gasteiger partial charge >= 0.3 is 0 Å². The van der Waals surface area contributed by atoms with Gasteiger partial charge in [0.25, 0.3) is 0 Å². The molecule has 0 spiro atoms. The monoisotopic (exact) mass is 357 g/mol. The van der Waals surface area contributed by atoms with Gasteiger partial charge in [0.1, 0.15) is 5.52 Å². The fraction of sp³-hybridized carbons (Fsp3) is 0.526. The molecule has 4 rings (SSSR count). The lowest BCUT2D eigenvalue weighted by molar-refractivity contribution is -0.140. The van der Waals surface area contributed by atoms with Crippen molar-refractivity contribution in [2.24, 2.45) is 0 Å². The quantitative estimate of drug-likeness (QED) is 0.760. The molecule has 1 aromatic heterocycles. The number of fused-ring (bicyclic) bond motifs is 1. The van der Waals surface area contributed by atoms with Gasteiger partial charge < -0.3 is 9.15 Å². The Morgan fingerprint density at radius 3 is 2.73 bits per heavy atom. The van der Waals surface area contributed by atoms with Crippen LogP contribution < -0.4 is 0 Å². The highest BCUT2D eigenvalue weighted by atomic mass is 16.5. The number of carbonyl (C=O) groups excluding carboxylic acids is 2. The maximum absolute atomic E-state index is 12.6. The molecule has 0 radical (unpaired) electrons. The minimum Gasteiger partial charge on any atom is -0.440 e. The lowest BCUT2D eigenvalue weighted by Crippen LogP contribution is -2.46. The van der Waals surface area contributed by atoms with Crippen molar-refractivity contribution in [2.45, 2.75) is 31.2 Å². The molecule has 0 bridgehead atoms. The zero-order chi connectivity index (χ0) is 18.1. The van der Waals surface area contributed by atoms with Crippen molar-refractivity contribution in [2.75, 3.05) is 33.4 Å². The molecule has 2 aromatic rings. The average Bonchev–Trinajstić information content (AvgIpc) is 3.21. The van der Waals surface area contributed by atoms with Crippen LogP contribution in [-0.4, -0.2) is 66.0 Å². The SMILES string of the molecule is COCCN1C(=O)C[C@@H](N2CCC(c3nc4ccccc4o3)CC2)C1=O. The van der Waals surface area contributed by atoms with Crippen LogP contribution in [0, 0.1) is 0 Å². The lowest BCUT2D eigenvalue weighted by Gasteiger charge is -2.33. The van der Waals surface area contributed by atoms with Crippen LogP contribution in [0.4, 0.5) is 0 Å². The summed E-state index contributed by atoms with van der Waals surface area (Å²) >= 11 is 0. The summed E-state index contributed by atoms with van der Waals surface area (Å²) in [5, 5.41) is 0. The Hall–Kier alpha value is -2.25. The van der Waals surface area contributed by atoms with Crippen LogP contribution in [0.15, 0.2) is 28.7 Å². The number of benzene rings is 1. The highest BCUT2D eigenvalue weighted by Gasteiger charge is 2.42. The van der Waals surface area contributed by atoms with Crippen LogP contribution in [0.1, 0.15) is 31.1 Å². The van der Waals surface area contributed by atoms with Crippen LogP contribution in [-0.2, 0) is 14.3 Å². The number of ether oxygens (including phenoxy) is 1. The summed E-state index contributed by atoms with van der Waals surface area (Å²) < 4.78 is 10.9. The van der Waals surface area contributed by atoms with Gasteiger partial charge in [0.05, 0.1) is 25.6 Å². The average molecular weight is 357 g/mol. The van der Waals surface area contributed by atoms with E-state index >= 15 is 0 Å². The van der Waals surface area contributed by atoms with Crippen LogP contribution in [0.2, 0.25) is 0 Å². The lowest BCUT2D eigenvalue weighted by atomic mass is 9.95. The summed E-state index contributed by atoms with van der Waals surface area (Å²) in [7, 11) is 1.57. The predicted octanol–water partition coefficient (Wildman–Crippen LogP) is 1.78. The molecule has 0 unspecified atom stereocenters. The molecule has 26 heavy (non-hydrogen) atoms. The van der Waals surface area contributed by atoms with Gasteiger partial charge in [-0.3, -0.25) is 19.4 Å². The number of likely N-dealkylation sites (tertiary alicyclic amines) is 2. The molecule has 2 amide bonds. The standard InChI is InChI=1S/C19H23N3O4/c1-25-11-10-22-17(23)12-15(19(22)24)21-8-6-13(7-9-21)18-20-14-4-2-3-5-16(14)26-18/h2-5,13,15H,6-12H2,1H3/t15-/m1/s1. The first-order chi connectivity index (χ1) is 12.7. The van der Waals surface area contributed by atoms with Crippen LogP contribution >= 0.6 is 0 Å². The Labute approximate surface area is 151 Å². The number of piperidine rings is 1. The normalized spacial score (nSPS) is 22.7.